The summed E-state index contributed by atoms with van der Waals surface area (Å²) in [5.74, 6) is 0. The second-order valence-electron chi connectivity index (χ2n) is 2.67. The van der Waals surface area contributed by atoms with Gasteiger partial charge < -0.3 is 4.74 Å². The summed E-state index contributed by atoms with van der Waals surface area (Å²) in [5.41, 5.74) is -0.796. The third kappa shape index (κ3) is 2.90. The first-order valence-electron chi connectivity index (χ1n) is 4.37. The third-order valence-corrected chi connectivity index (χ3v) is 1.96. The van der Waals surface area contributed by atoms with Gasteiger partial charge in [-0.3, -0.25) is 9.36 Å². The molecule has 0 fully saturated rings. The van der Waals surface area contributed by atoms with Crippen molar-refractivity contribution in [2.75, 3.05) is 6.61 Å². The van der Waals surface area contributed by atoms with Gasteiger partial charge in [-0.2, -0.15) is 0 Å². The molecule has 0 saturated carbocycles. The minimum Gasteiger partial charge on any atom is -0.361 e. The fourth-order valence-corrected chi connectivity index (χ4v) is 1.25. The lowest BCUT2D eigenvalue weighted by Gasteiger charge is -2.06. The Morgan fingerprint density at radius 3 is 2.87 bits per heavy atom. The Hall–Kier alpha value is -1.14. The second kappa shape index (κ2) is 5.67. The Bertz CT molecular complexity index is 461. The van der Waals surface area contributed by atoms with E-state index in [4.69, 9.17) is 4.74 Å². The number of halogens is 1. The zero-order chi connectivity index (χ0) is 11.3. The van der Waals surface area contributed by atoms with E-state index in [2.05, 4.69) is 15.9 Å². The topological polar surface area (TPSA) is 53.2 Å². The summed E-state index contributed by atoms with van der Waals surface area (Å²) in [4.78, 5) is 24.4. The van der Waals surface area contributed by atoms with Gasteiger partial charge in [-0.25, -0.2) is 9.36 Å². The average Bonchev–Trinajstić information content (AvgIpc) is 2.23. The first kappa shape index (κ1) is 11.9. The maximum absolute atomic E-state index is 11.7. The molecule has 0 saturated heterocycles. The lowest BCUT2D eigenvalue weighted by atomic mass is 10.6. The van der Waals surface area contributed by atoms with E-state index in [-0.39, 0.29) is 12.3 Å². The van der Waals surface area contributed by atoms with Crippen LogP contribution in [0.3, 0.4) is 0 Å². The number of hydrogen-bond donors (Lipinski definition) is 0. The van der Waals surface area contributed by atoms with Gasteiger partial charge in [0.2, 0.25) is 0 Å². The van der Waals surface area contributed by atoms with Crippen molar-refractivity contribution in [3.63, 3.8) is 0 Å². The maximum Gasteiger partial charge on any atom is 0.337 e. The zero-order valence-electron chi connectivity index (χ0n) is 8.22. The molecule has 0 spiro atoms. The molecule has 0 aliphatic rings. The summed E-state index contributed by atoms with van der Waals surface area (Å²) in [6.07, 6.45) is 2.77. The van der Waals surface area contributed by atoms with Crippen molar-refractivity contribution < 1.29 is 4.74 Å². The minimum atomic E-state index is -0.424. The molecule has 0 aromatic carbocycles. The van der Waals surface area contributed by atoms with Gasteiger partial charge in [-0.1, -0.05) is 15.9 Å². The van der Waals surface area contributed by atoms with Crippen LogP contribution in [0.25, 0.3) is 6.20 Å². The monoisotopic (exact) mass is 274 g/mol. The van der Waals surface area contributed by atoms with Crippen LogP contribution in [0.2, 0.25) is 0 Å². The zero-order valence-corrected chi connectivity index (χ0v) is 9.81. The molecule has 0 N–H and O–H groups in total. The number of ether oxygens (including phenoxy) is 1. The van der Waals surface area contributed by atoms with Crippen molar-refractivity contribution in [1.82, 2.24) is 9.13 Å². The Morgan fingerprint density at radius 1 is 1.53 bits per heavy atom. The summed E-state index contributed by atoms with van der Waals surface area (Å²) < 4.78 is 7.40. The van der Waals surface area contributed by atoms with Gasteiger partial charge in [0, 0.05) is 25.1 Å². The van der Waals surface area contributed by atoms with Crippen molar-refractivity contribution in [2.45, 2.75) is 13.7 Å². The molecule has 0 atom stereocenters. The van der Waals surface area contributed by atoms with E-state index in [1.807, 2.05) is 6.92 Å². The molecule has 1 heterocycles. The van der Waals surface area contributed by atoms with Crippen molar-refractivity contribution in [3.05, 3.63) is 38.1 Å². The van der Waals surface area contributed by atoms with Crippen molar-refractivity contribution >= 4 is 22.1 Å². The van der Waals surface area contributed by atoms with Crippen LogP contribution in [0.5, 0.6) is 0 Å². The fourth-order valence-electron chi connectivity index (χ4n) is 1.01. The van der Waals surface area contributed by atoms with E-state index in [1.54, 1.807) is 0 Å². The first-order chi connectivity index (χ1) is 7.20. The van der Waals surface area contributed by atoms with Crippen molar-refractivity contribution in [1.29, 1.82) is 0 Å². The van der Waals surface area contributed by atoms with Crippen LogP contribution in [-0.2, 0) is 11.5 Å². The molecule has 15 heavy (non-hydrogen) atoms. The molecular weight excluding hydrogens is 264 g/mol. The average molecular weight is 275 g/mol. The predicted molar refractivity (Wildman–Crippen MR) is 60.8 cm³/mol. The molecular formula is C9H11BrN2O3. The van der Waals surface area contributed by atoms with Gasteiger partial charge in [0.1, 0.15) is 6.73 Å². The number of aromatic nitrogens is 2. The van der Waals surface area contributed by atoms with Crippen LogP contribution in [0.1, 0.15) is 6.92 Å². The number of hydrogen-bond acceptors (Lipinski definition) is 3. The highest BCUT2D eigenvalue weighted by atomic mass is 79.9. The smallest absolute Gasteiger partial charge is 0.337 e. The molecule has 0 radical (unpaired) electrons. The summed E-state index contributed by atoms with van der Waals surface area (Å²) in [7, 11) is 0. The van der Waals surface area contributed by atoms with E-state index < -0.39 is 5.69 Å². The number of nitrogens with zero attached hydrogens (tertiary/aromatic N) is 2. The fraction of sp³-hybridized carbons (Fsp3) is 0.333. The lowest BCUT2D eigenvalue weighted by molar-refractivity contribution is 0.0838. The maximum atomic E-state index is 11.7. The molecule has 0 aliphatic carbocycles. The van der Waals surface area contributed by atoms with E-state index >= 15 is 0 Å². The van der Waals surface area contributed by atoms with Crippen molar-refractivity contribution in [3.8, 4) is 0 Å². The predicted octanol–water partition coefficient (Wildman–Crippen LogP) is 0.827. The SMILES string of the molecule is CCOCn1ccc(=O)n(C=CBr)c1=O. The molecule has 0 amide bonds. The normalized spacial score (nSPS) is 11.1. The standard InChI is InChI=1S/C9H11BrN2O3/c1-2-15-7-11-5-3-8(13)12(6-4-10)9(11)14/h3-6H,2,7H2,1H3. The Balaban J connectivity index is 3.17. The van der Waals surface area contributed by atoms with Gasteiger partial charge in [0.25, 0.3) is 5.56 Å². The van der Waals surface area contributed by atoms with E-state index in [9.17, 15) is 9.59 Å². The molecule has 0 aliphatic heterocycles. The summed E-state index contributed by atoms with van der Waals surface area (Å²) in [6, 6.07) is 1.31. The largest absolute Gasteiger partial charge is 0.361 e. The highest BCUT2D eigenvalue weighted by Gasteiger charge is 2.01. The van der Waals surface area contributed by atoms with Gasteiger partial charge >= 0.3 is 5.69 Å². The van der Waals surface area contributed by atoms with Crippen molar-refractivity contribution in [2.24, 2.45) is 0 Å². The molecule has 82 valence electrons. The van der Waals surface area contributed by atoms with Crippen LogP contribution >= 0.6 is 15.9 Å². The summed E-state index contributed by atoms with van der Waals surface area (Å²) in [6.45, 7) is 2.49. The number of rotatable bonds is 4. The van der Waals surface area contributed by atoms with Crippen LogP contribution < -0.4 is 11.2 Å². The van der Waals surface area contributed by atoms with E-state index in [1.165, 1.54) is 28.0 Å². The summed E-state index contributed by atoms with van der Waals surface area (Å²) >= 11 is 3.01. The van der Waals surface area contributed by atoms with Crippen LogP contribution in [0.15, 0.2) is 26.8 Å². The van der Waals surface area contributed by atoms with Crippen LogP contribution in [0, 0.1) is 0 Å². The van der Waals surface area contributed by atoms with E-state index in [0.717, 1.165) is 4.57 Å². The molecule has 0 unspecified atom stereocenters. The minimum absolute atomic E-state index is 0.145. The first-order valence-corrected chi connectivity index (χ1v) is 5.29. The quantitative estimate of drug-likeness (QED) is 0.817. The third-order valence-electron chi connectivity index (χ3n) is 1.73. The highest BCUT2D eigenvalue weighted by Crippen LogP contribution is 1.86. The molecule has 1 aromatic rings. The van der Waals surface area contributed by atoms with Gasteiger partial charge in [-0.05, 0) is 11.9 Å². The molecule has 1 rings (SSSR count). The Kier molecular flexibility index (Phi) is 4.51. The lowest BCUT2D eigenvalue weighted by Crippen LogP contribution is -2.36. The van der Waals surface area contributed by atoms with Gasteiger partial charge in [-0.15, -0.1) is 0 Å². The van der Waals surface area contributed by atoms with Crippen LogP contribution in [0.4, 0.5) is 0 Å². The summed E-state index contributed by atoms with van der Waals surface area (Å²) in [5, 5.41) is 0. The van der Waals surface area contributed by atoms with Gasteiger partial charge in [0.15, 0.2) is 0 Å². The highest BCUT2D eigenvalue weighted by molar-refractivity contribution is 9.11. The molecule has 5 nitrogen and oxygen atoms in total. The molecule has 6 heteroatoms. The molecule has 0 bridgehead atoms. The molecule has 1 aromatic heterocycles. The Morgan fingerprint density at radius 2 is 2.27 bits per heavy atom. The Labute approximate surface area is 94.7 Å². The van der Waals surface area contributed by atoms with E-state index in [0.29, 0.717) is 6.61 Å². The van der Waals surface area contributed by atoms with Gasteiger partial charge in [0.05, 0.1) is 0 Å². The van der Waals surface area contributed by atoms with Crippen LogP contribution in [-0.4, -0.2) is 15.7 Å². The second-order valence-corrected chi connectivity index (χ2v) is 3.20.